The fraction of sp³-hybridized carbons (Fsp3) is 0.667. The zero-order valence-electron chi connectivity index (χ0n) is 17.2. The molecule has 1 nitrogen and oxygen atoms in total. The van der Waals surface area contributed by atoms with Crippen LogP contribution in [0.4, 0.5) is 0 Å². The fourth-order valence-electron chi connectivity index (χ4n) is 3.35. The molecule has 1 aromatic carbocycles. The molecular weight excluding hydrogens is 302 g/mol. The normalized spacial score (nSPS) is 12.1. The summed E-state index contributed by atoms with van der Waals surface area (Å²) in [5.41, 5.74) is 1.31. The highest BCUT2D eigenvalue weighted by Gasteiger charge is 2.12. The number of hydrogen-bond acceptors (Lipinski definition) is 0. The summed E-state index contributed by atoms with van der Waals surface area (Å²) in [5.74, 6) is 0. The molecule has 0 atom stereocenters. The topological polar surface area (TPSA) is 0 Å². The van der Waals surface area contributed by atoms with E-state index in [0.29, 0.717) is 0 Å². The average Bonchev–Trinajstić information content (AvgIpc) is 2.61. The molecule has 0 N–H and O–H groups in total. The van der Waals surface area contributed by atoms with Gasteiger partial charge in [-0.05, 0) is 18.4 Å². The first-order chi connectivity index (χ1) is 12.1. The van der Waals surface area contributed by atoms with Crippen molar-refractivity contribution in [3.8, 4) is 0 Å². The molecule has 142 valence electrons. The predicted octanol–water partition coefficient (Wildman–Crippen LogP) is 7.09. The summed E-state index contributed by atoms with van der Waals surface area (Å²) < 4.78 is 1.15. The molecule has 0 aromatic heterocycles. The third-order valence-electron chi connectivity index (χ3n) is 5.13. The Hall–Kier alpha value is -1.08. The molecule has 0 saturated carbocycles. The maximum Gasteiger partial charge on any atom is 0.0817 e. The number of hydrogen-bond donors (Lipinski definition) is 0. The fourth-order valence-corrected chi connectivity index (χ4v) is 3.35. The van der Waals surface area contributed by atoms with Crippen LogP contribution in [0.2, 0.25) is 0 Å². The molecule has 1 rings (SSSR count). The van der Waals surface area contributed by atoms with E-state index in [1.807, 2.05) is 0 Å². The van der Waals surface area contributed by atoms with Crippen LogP contribution in [0, 0.1) is 0 Å². The summed E-state index contributed by atoms with van der Waals surface area (Å²) in [6.07, 6.45) is 20.0. The lowest BCUT2D eigenvalue weighted by Crippen LogP contribution is -2.41. The second kappa shape index (κ2) is 14.1. The first-order valence-electron chi connectivity index (χ1n) is 10.7. The molecule has 0 aliphatic rings. The third kappa shape index (κ3) is 12.9. The lowest BCUT2D eigenvalue weighted by Gasteiger charge is -2.29. The maximum absolute atomic E-state index is 2.38. The van der Waals surface area contributed by atoms with Gasteiger partial charge in [0, 0.05) is 6.42 Å². The molecule has 0 aliphatic heterocycles. The Morgan fingerprint density at radius 2 is 1.28 bits per heavy atom. The van der Waals surface area contributed by atoms with E-state index in [1.165, 1.54) is 89.3 Å². The van der Waals surface area contributed by atoms with Crippen molar-refractivity contribution in [2.45, 2.75) is 77.6 Å². The first kappa shape index (κ1) is 22.0. The average molecular weight is 345 g/mol. The van der Waals surface area contributed by atoms with Crippen molar-refractivity contribution < 1.29 is 4.48 Å². The largest absolute Gasteiger partial charge is 0.328 e. The predicted molar refractivity (Wildman–Crippen MR) is 114 cm³/mol. The zero-order chi connectivity index (χ0) is 18.2. The molecule has 25 heavy (non-hydrogen) atoms. The van der Waals surface area contributed by atoms with Gasteiger partial charge in [0.05, 0.1) is 27.2 Å². The minimum Gasteiger partial charge on any atom is -0.328 e. The van der Waals surface area contributed by atoms with Crippen molar-refractivity contribution in [1.82, 2.24) is 0 Å². The Morgan fingerprint density at radius 1 is 0.720 bits per heavy atom. The SMILES string of the molecule is CCCCCCCCCCCC[N+](C)(C)CCC=Cc1ccccc1. The van der Waals surface area contributed by atoms with E-state index < -0.39 is 0 Å². The van der Waals surface area contributed by atoms with Gasteiger partial charge in [0.15, 0.2) is 0 Å². The van der Waals surface area contributed by atoms with Gasteiger partial charge in [0.2, 0.25) is 0 Å². The summed E-state index contributed by atoms with van der Waals surface area (Å²) >= 11 is 0. The molecule has 0 amide bonds. The molecule has 0 fully saturated rings. The molecule has 0 saturated heterocycles. The molecule has 1 aromatic rings. The second-order valence-electron chi connectivity index (χ2n) is 8.17. The van der Waals surface area contributed by atoms with Crippen LogP contribution in [0.15, 0.2) is 36.4 Å². The van der Waals surface area contributed by atoms with Crippen LogP contribution in [-0.4, -0.2) is 31.7 Å². The van der Waals surface area contributed by atoms with E-state index in [1.54, 1.807) is 0 Å². The minimum absolute atomic E-state index is 1.15. The standard InChI is InChI=1S/C24H42N/c1-4-5-6-7-8-9-10-11-12-17-22-25(2,3)23-18-16-21-24-19-14-13-15-20-24/h13-16,19-21H,4-12,17-18,22-23H2,1-3H3/q+1. The lowest BCUT2D eigenvalue weighted by atomic mass is 10.1. The molecule has 0 radical (unpaired) electrons. The molecule has 0 spiro atoms. The maximum atomic E-state index is 2.38. The third-order valence-corrected chi connectivity index (χ3v) is 5.13. The smallest absolute Gasteiger partial charge is 0.0817 e. The van der Waals surface area contributed by atoms with Gasteiger partial charge >= 0.3 is 0 Å². The Labute approximate surface area is 157 Å². The van der Waals surface area contributed by atoms with Crippen molar-refractivity contribution in [1.29, 1.82) is 0 Å². The van der Waals surface area contributed by atoms with Gasteiger partial charge in [-0.15, -0.1) is 0 Å². The Morgan fingerprint density at radius 3 is 1.88 bits per heavy atom. The minimum atomic E-state index is 1.15. The summed E-state index contributed by atoms with van der Waals surface area (Å²) in [6.45, 7) is 4.84. The zero-order valence-corrected chi connectivity index (χ0v) is 17.2. The van der Waals surface area contributed by atoms with Gasteiger partial charge < -0.3 is 4.48 Å². The Bertz CT molecular complexity index is 433. The van der Waals surface area contributed by atoms with Crippen molar-refractivity contribution in [2.24, 2.45) is 0 Å². The van der Waals surface area contributed by atoms with Crippen LogP contribution < -0.4 is 0 Å². The van der Waals surface area contributed by atoms with E-state index in [2.05, 4.69) is 63.5 Å². The van der Waals surface area contributed by atoms with Crippen LogP contribution in [0.5, 0.6) is 0 Å². The number of quaternary nitrogens is 1. The summed E-state index contributed by atoms with van der Waals surface area (Å²) in [6, 6.07) is 10.6. The highest BCUT2D eigenvalue weighted by atomic mass is 15.3. The molecule has 0 unspecified atom stereocenters. The van der Waals surface area contributed by atoms with E-state index >= 15 is 0 Å². The molecule has 0 bridgehead atoms. The van der Waals surface area contributed by atoms with E-state index in [9.17, 15) is 0 Å². The van der Waals surface area contributed by atoms with E-state index in [-0.39, 0.29) is 0 Å². The molecule has 0 heterocycles. The number of benzene rings is 1. The van der Waals surface area contributed by atoms with Gasteiger partial charge in [-0.1, -0.05) is 101 Å². The van der Waals surface area contributed by atoms with Crippen molar-refractivity contribution >= 4 is 6.08 Å². The van der Waals surface area contributed by atoms with Crippen LogP contribution in [0.3, 0.4) is 0 Å². The molecular formula is C24H42N+. The summed E-state index contributed by atoms with van der Waals surface area (Å²) in [7, 11) is 4.76. The van der Waals surface area contributed by atoms with E-state index in [4.69, 9.17) is 0 Å². The van der Waals surface area contributed by atoms with Crippen LogP contribution in [-0.2, 0) is 0 Å². The number of rotatable bonds is 15. The highest BCUT2D eigenvalue weighted by molar-refractivity contribution is 5.48. The number of nitrogens with zero attached hydrogens (tertiary/aromatic N) is 1. The van der Waals surface area contributed by atoms with Gasteiger partial charge in [-0.3, -0.25) is 0 Å². The highest BCUT2D eigenvalue weighted by Crippen LogP contribution is 2.12. The monoisotopic (exact) mass is 344 g/mol. The Balaban J connectivity index is 1.99. The lowest BCUT2D eigenvalue weighted by molar-refractivity contribution is -0.890. The second-order valence-corrected chi connectivity index (χ2v) is 8.17. The van der Waals surface area contributed by atoms with Gasteiger partial charge in [-0.2, -0.15) is 0 Å². The molecule has 1 heteroatoms. The van der Waals surface area contributed by atoms with Crippen LogP contribution in [0.25, 0.3) is 6.08 Å². The van der Waals surface area contributed by atoms with Gasteiger partial charge in [0.25, 0.3) is 0 Å². The number of unbranched alkanes of at least 4 members (excludes halogenated alkanes) is 9. The van der Waals surface area contributed by atoms with Gasteiger partial charge in [-0.25, -0.2) is 0 Å². The first-order valence-corrected chi connectivity index (χ1v) is 10.7. The summed E-state index contributed by atoms with van der Waals surface area (Å²) in [5, 5.41) is 0. The molecule has 0 aliphatic carbocycles. The van der Waals surface area contributed by atoms with E-state index in [0.717, 1.165) is 4.48 Å². The van der Waals surface area contributed by atoms with Crippen molar-refractivity contribution in [2.75, 3.05) is 27.2 Å². The van der Waals surface area contributed by atoms with Crippen LogP contribution in [0.1, 0.15) is 83.1 Å². The summed E-state index contributed by atoms with van der Waals surface area (Å²) in [4.78, 5) is 0. The van der Waals surface area contributed by atoms with Crippen molar-refractivity contribution in [3.05, 3.63) is 42.0 Å². The van der Waals surface area contributed by atoms with Crippen LogP contribution >= 0.6 is 0 Å². The quantitative estimate of drug-likeness (QED) is 0.235. The Kier molecular flexibility index (Phi) is 12.4. The van der Waals surface area contributed by atoms with Gasteiger partial charge in [0.1, 0.15) is 0 Å². The van der Waals surface area contributed by atoms with Crippen molar-refractivity contribution in [3.63, 3.8) is 0 Å².